The molecule has 0 bridgehead atoms. The Morgan fingerprint density at radius 1 is 0.925 bits per heavy atom. The van der Waals surface area contributed by atoms with E-state index in [1.807, 2.05) is 6.79 Å². The largest absolute Gasteiger partial charge is 0.513 e. The van der Waals surface area contributed by atoms with E-state index in [1.165, 1.54) is 24.3 Å². The van der Waals surface area contributed by atoms with E-state index in [2.05, 4.69) is 13.5 Å². The summed E-state index contributed by atoms with van der Waals surface area (Å²) in [4.78, 5) is 41.3. The number of rotatable bonds is 10. The lowest BCUT2D eigenvalue weighted by atomic mass is 10.1. The molecule has 11 nitrogen and oxygen atoms in total. The van der Waals surface area contributed by atoms with Crippen molar-refractivity contribution in [2.45, 2.75) is 38.4 Å². The van der Waals surface area contributed by atoms with Crippen molar-refractivity contribution in [3.8, 4) is 17.2 Å². The van der Waals surface area contributed by atoms with Gasteiger partial charge in [0.05, 0.1) is 37.6 Å². The molecule has 0 radical (unpaired) electrons. The molecule has 2 saturated heterocycles. The number of fused-ring (bicyclic) bond motifs is 1. The van der Waals surface area contributed by atoms with Crippen molar-refractivity contribution in [1.29, 1.82) is 0 Å². The molecule has 3 unspecified atom stereocenters. The summed E-state index contributed by atoms with van der Waals surface area (Å²) in [5.74, 6) is 0.363. The molecule has 2 aromatic carbocycles. The standard InChI is InChI=1S/C21H20O8.C7H12O2.CH2O/c1-2-19(22)26-13-3-4-14-27-21(25)29-18-11-9-17(10-12-18)28-16-7-5-15(6-8-16)20(23)24;1-5-4-9-6-2-3-8-7(5)6;1-2/h2,5-12H,1,3-4,13-14H2,(H,23,24);5-7H,2-4H2,1H3;1H2. The van der Waals surface area contributed by atoms with Gasteiger partial charge < -0.3 is 38.3 Å². The van der Waals surface area contributed by atoms with Crippen molar-refractivity contribution < 1.29 is 52.7 Å². The highest BCUT2D eigenvalue weighted by Crippen LogP contribution is 2.30. The molecule has 11 heteroatoms. The maximum atomic E-state index is 11.6. The molecule has 4 rings (SSSR count). The van der Waals surface area contributed by atoms with Crippen molar-refractivity contribution >= 4 is 24.9 Å². The number of unbranched alkanes of at least 4 members (excludes halogenated alkanes) is 1. The predicted octanol–water partition coefficient (Wildman–Crippen LogP) is 4.83. The van der Waals surface area contributed by atoms with Crippen molar-refractivity contribution in [3.63, 3.8) is 0 Å². The Hall–Kier alpha value is -4.22. The topological polar surface area (TPSA) is 144 Å². The van der Waals surface area contributed by atoms with Gasteiger partial charge >= 0.3 is 18.1 Å². The molecule has 0 saturated carbocycles. The molecule has 2 aliphatic rings. The van der Waals surface area contributed by atoms with E-state index in [0.29, 0.717) is 42.5 Å². The first-order valence-electron chi connectivity index (χ1n) is 12.6. The molecule has 0 aromatic heterocycles. The van der Waals surface area contributed by atoms with Crippen LogP contribution in [0.2, 0.25) is 0 Å². The molecule has 3 atom stereocenters. The van der Waals surface area contributed by atoms with E-state index < -0.39 is 18.1 Å². The van der Waals surface area contributed by atoms with Gasteiger partial charge in [-0.3, -0.25) is 0 Å². The van der Waals surface area contributed by atoms with E-state index in [4.69, 9.17) is 38.3 Å². The lowest BCUT2D eigenvalue weighted by Crippen LogP contribution is -2.19. The Balaban J connectivity index is 0.000000420. The first-order chi connectivity index (χ1) is 19.4. The molecule has 0 aliphatic carbocycles. The first kappa shape index (κ1) is 32.0. The minimum atomic E-state index is -1.01. The lowest BCUT2D eigenvalue weighted by molar-refractivity contribution is -0.137. The van der Waals surface area contributed by atoms with Gasteiger partial charge in [-0.1, -0.05) is 13.5 Å². The minimum absolute atomic E-state index is 0.137. The van der Waals surface area contributed by atoms with Crippen molar-refractivity contribution in [2.75, 3.05) is 26.4 Å². The second kappa shape index (κ2) is 17.4. The Morgan fingerprint density at radius 3 is 2.08 bits per heavy atom. The van der Waals surface area contributed by atoms with Crippen LogP contribution in [0.3, 0.4) is 0 Å². The van der Waals surface area contributed by atoms with E-state index in [1.54, 1.807) is 24.3 Å². The van der Waals surface area contributed by atoms with E-state index in [-0.39, 0.29) is 24.5 Å². The van der Waals surface area contributed by atoms with Crippen LogP contribution in [0.1, 0.15) is 36.5 Å². The van der Waals surface area contributed by atoms with Gasteiger partial charge in [0, 0.05) is 18.6 Å². The number of carboxylic acid groups (broad SMARTS) is 1. The van der Waals surface area contributed by atoms with Crippen LogP contribution in [-0.4, -0.2) is 68.6 Å². The van der Waals surface area contributed by atoms with Crippen molar-refractivity contribution in [1.82, 2.24) is 0 Å². The highest BCUT2D eigenvalue weighted by Gasteiger charge is 2.38. The third-order valence-corrected chi connectivity index (χ3v) is 5.74. The first-order valence-corrected chi connectivity index (χ1v) is 12.6. The molecular weight excluding hydrogens is 524 g/mol. The zero-order chi connectivity index (χ0) is 29.3. The normalized spacial score (nSPS) is 18.5. The van der Waals surface area contributed by atoms with Gasteiger partial charge in [-0.05, 0) is 67.8 Å². The van der Waals surface area contributed by atoms with Crippen LogP contribution in [-0.2, 0) is 28.5 Å². The number of hydrogen-bond acceptors (Lipinski definition) is 10. The Kier molecular flexibility index (Phi) is 13.9. The van der Waals surface area contributed by atoms with Gasteiger partial charge in [-0.15, -0.1) is 0 Å². The van der Waals surface area contributed by atoms with E-state index in [0.717, 1.165) is 25.7 Å². The zero-order valence-electron chi connectivity index (χ0n) is 22.3. The number of hydrogen-bond donors (Lipinski definition) is 1. The molecule has 1 N–H and O–H groups in total. The third-order valence-electron chi connectivity index (χ3n) is 5.74. The maximum Gasteiger partial charge on any atom is 0.513 e. The molecule has 2 heterocycles. The summed E-state index contributed by atoms with van der Waals surface area (Å²) in [6.07, 6.45) is 3.27. The molecule has 0 spiro atoms. The van der Waals surface area contributed by atoms with Gasteiger partial charge in [0.2, 0.25) is 0 Å². The van der Waals surface area contributed by atoms with Crippen LogP contribution in [0.5, 0.6) is 17.2 Å². The molecular formula is C29H34O11. The average molecular weight is 559 g/mol. The van der Waals surface area contributed by atoms with Gasteiger partial charge in [0.1, 0.15) is 24.0 Å². The maximum absolute atomic E-state index is 11.6. The molecule has 216 valence electrons. The second-order valence-electron chi connectivity index (χ2n) is 8.66. The molecule has 2 fully saturated rings. The molecule has 2 aromatic rings. The van der Waals surface area contributed by atoms with Gasteiger partial charge in [-0.25, -0.2) is 14.4 Å². The van der Waals surface area contributed by atoms with Crippen molar-refractivity contribution in [2.24, 2.45) is 5.92 Å². The SMILES string of the molecule is C=CC(=O)OCCCCOC(=O)Oc1ccc(Oc2ccc(C(=O)O)cc2)cc1.C=O.CC1COC2CCOC12. The van der Waals surface area contributed by atoms with Gasteiger partial charge in [0.25, 0.3) is 0 Å². The molecule has 0 amide bonds. The average Bonchev–Trinajstić information content (AvgIpc) is 3.58. The van der Waals surface area contributed by atoms with Crippen LogP contribution in [0, 0.1) is 5.92 Å². The Morgan fingerprint density at radius 2 is 1.50 bits per heavy atom. The highest BCUT2D eigenvalue weighted by atomic mass is 16.7. The van der Waals surface area contributed by atoms with Crippen LogP contribution in [0.25, 0.3) is 0 Å². The number of aromatic carboxylic acids is 1. The Labute approximate surface area is 232 Å². The minimum Gasteiger partial charge on any atom is -0.478 e. The molecule has 2 aliphatic heterocycles. The monoisotopic (exact) mass is 558 g/mol. The number of benzene rings is 2. The van der Waals surface area contributed by atoms with E-state index in [9.17, 15) is 14.4 Å². The third kappa shape index (κ3) is 10.9. The van der Waals surface area contributed by atoms with Crippen LogP contribution in [0.15, 0.2) is 61.2 Å². The van der Waals surface area contributed by atoms with Gasteiger partial charge in [0.15, 0.2) is 0 Å². The zero-order valence-corrected chi connectivity index (χ0v) is 22.3. The lowest BCUT2D eigenvalue weighted by Gasteiger charge is -2.08. The summed E-state index contributed by atoms with van der Waals surface area (Å²) < 4.78 is 31.3. The second-order valence-corrected chi connectivity index (χ2v) is 8.66. The fourth-order valence-electron chi connectivity index (χ4n) is 3.77. The van der Waals surface area contributed by atoms with E-state index >= 15 is 0 Å². The summed E-state index contributed by atoms with van der Waals surface area (Å²) in [5.41, 5.74) is 0.164. The smallest absolute Gasteiger partial charge is 0.478 e. The number of carbonyl (C=O) groups is 4. The highest BCUT2D eigenvalue weighted by molar-refractivity contribution is 5.87. The number of carbonyl (C=O) groups excluding carboxylic acids is 3. The summed E-state index contributed by atoms with van der Waals surface area (Å²) in [6, 6.07) is 12.2. The van der Waals surface area contributed by atoms with Crippen molar-refractivity contribution in [3.05, 3.63) is 66.7 Å². The molecule has 40 heavy (non-hydrogen) atoms. The van der Waals surface area contributed by atoms with Gasteiger partial charge in [-0.2, -0.15) is 0 Å². The Bertz CT molecular complexity index is 1080. The predicted molar refractivity (Wildman–Crippen MR) is 143 cm³/mol. The quantitative estimate of drug-likeness (QED) is 0.185. The number of esters is 1. The van der Waals surface area contributed by atoms with Crippen LogP contribution < -0.4 is 9.47 Å². The van der Waals surface area contributed by atoms with Crippen LogP contribution >= 0.6 is 0 Å². The summed E-state index contributed by atoms with van der Waals surface area (Å²) in [6.45, 7) is 9.64. The van der Waals surface area contributed by atoms with Crippen LogP contribution in [0.4, 0.5) is 4.79 Å². The summed E-state index contributed by atoms with van der Waals surface area (Å²) in [7, 11) is 0. The number of ether oxygens (including phenoxy) is 6. The fraction of sp³-hybridized carbons (Fsp3) is 0.379. The fourth-order valence-corrected chi connectivity index (χ4v) is 3.77. The summed E-state index contributed by atoms with van der Waals surface area (Å²) >= 11 is 0. The number of carboxylic acids is 1. The summed E-state index contributed by atoms with van der Waals surface area (Å²) in [5, 5.41) is 8.88.